The van der Waals surface area contributed by atoms with E-state index in [9.17, 15) is 9.90 Å². The summed E-state index contributed by atoms with van der Waals surface area (Å²) in [6, 6.07) is 5.37. The van der Waals surface area contributed by atoms with E-state index >= 15 is 0 Å². The molecule has 0 saturated heterocycles. The number of allylic oxidation sites excluding steroid dienone is 1. The molecule has 7 heteroatoms. The molecule has 1 N–H and O–H groups in total. The molecule has 6 nitrogen and oxygen atoms in total. The minimum absolute atomic E-state index is 0.265. The largest absolute Gasteiger partial charge is 0.489 e. The van der Waals surface area contributed by atoms with E-state index in [1.165, 1.54) is 11.1 Å². The molecule has 0 bridgehead atoms. The van der Waals surface area contributed by atoms with Crippen LogP contribution in [0.5, 0.6) is 17.2 Å². The predicted octanol–water partition coefficient (Wildman–Crippen LogP) is 7.50. The summed E-state index contributed by atoms with van der Waals surface area (Å²) in [5.74, 6) is 2.08. The first-order chi connectivity index (χ1) is 18.2. The van der Waals surface area contributed by atoms with Crippen molar-refractivity contribution in [2.24, 2.45) is 5.41 Å². The van der Waals surface area contributed by atoms with Crippen molar-refractivity contribution < 1.29 is 28.8 Å². The number of fused-ring (bicyclic) bond motifs is 1. The van der Waals surface area contributed by atoms with Gasteiger partial charge in [0, 0.05) is 5.56 Å². The van der Waals surface area contributed by atoms with Crippen LogP contribution in [0, 0.1) is 26.2 Å². The number of carbonyl (C=O) groups excluding carboxylic acids is 1. The topological polar surface area (TPSA) is 74.2 Å². The zero-order chi connectivity index (χ0) is 29.1. The second-order valence-corrected chi connectivity index (χ2v) is 12.3. The zero-order valence-electron chi connectivity index (χ0n) is 24.8. The van der Waals surface area contributed by atoms with Gasteiger partial charge in [0.1, 0.15) is 36.1 Å². The van der Waals surface area contributed by atoms with Gasteiger partial charge in [-0.2, -0.15) is 0 Å². The Morgan fingerprint density at radius 2 is 1.87 bits per heavy atom. The molecule has 2 aromatic rings. The molecule has 0 aliphatic carbocycles. The lowest BCUT2D eigenvalue weighted by molar-refractivity contribution is -0.160. The van der Waals surface area contributed by atoms with Crippen molar-refractivity contribution in [3.8, 4) is 17.2 Å². The van der Waals surface area contributed by atoms with E-state index in [1.54, 1.807) is 39.0 Å². The number of hydrogen-bond acceptors (Lipinski definition) is 6. The van der Waals surface area contributed by atoms with Gasteiger partial charge in [0.05, 0.1) is 22.6 Å². The van der Waals surface area contributed by atoms with E-state index in [2.05, 4.69) is 63.5 Å². The highest BCUT2D eigenvalue weighted by atomic mass is 79.9. The summed E-state index contributed by atoms with van der Waals surface area (Å²) < 4.78 is 24.9. The molecule has 1 heterocycles. The number of hydrogen-bond donors (Lipinski definition) is 1. The van der Waals surface area contributed by atoms with E-state index in [0.717, 1.165) is 41.0 Å². The number of carbonyl (C=O) groups is 1. The van der Waals surface area contributed by atoms with Gasteiger partial charge in [0.15, 0.2) is 0 Å². The molecule has 0 spiro atoms. The molecule has 0 aromatic heterocycles. The van der Waals surface area contributed by atoms with Crippen LogP contribution in [0.4, 0.5) is 0 Å². The molecule has 0 amide bonds. The number of rotatable bonds is 10. The number of ether oxygens (including phenoxy) is 4. The highest BCUT2D eigenvalue weighted by Crippen LogP contribution is 2.44. The minimum atomic E-state index is -1.08. The average Bonchev–Trinajstić information content (AvgIpc) is 2.88. The van der Waals surface area contributed by atoms with Gasteiger partial charge in [-0.3, -0.25) is 4.79 Å². The standard InChI is InChI=1S/C32H43BrO6/c1-10-36-30(35)31(7,8)29(34)23-11-12-26(25(33)17-23)38-18-32(9)15-13-24-22(6)27(37-16-14-19(2)3)20(4)21(5)28(24)39-32/h11-12,14,17,29,34H,10,13,15-16,18H2,1-9H3. The molecule has 2 unspecified atom stereocenters. The van der Waals surface area contributed by atoms with Crippen molar-refractivity contribution in [3.63, 3.8) is 0 Å². The van der Waals surface area contributed by atoms with Crippen molar-refractivity contribution in [1.82, 2.24) is 0 Å². The summed E-state index contributed by atoms with van der Waals surface area (Å²) in [5.41, 5.74) is 4.78. The molecular formula is C32H43BrO6. The highest BCUT2D eigenvalue weighted by molar-refractivity contribution is 9.10. The Hall–Kier alpha value is -2.51. The Kier molecular flexibility index (Phi) is 9.82. The first kappa shape index (κ1) is 31.0. The van der Waals surface area contributed by atoms with Gasteiger partial charge in [-0.25, -0.2) is 0 Å². The van der Waals surface area contributed by atoms with Gasteiger partial charge < -0.3 is 24.1 Å². The molecule has 0 radical (unpaired) electrons. The first-order valence-corrected chi connectivity index (χ1v) is 14.4. The quantitative estimate of drug-likeness (QED) is 0.224. The smallest absolute Gasteiger partial charge is 0.314 e. The SMILES string of the molecule is CCOC(=O)C(C)(C)C(O)c1ccc(OCC2(C)CCc3c(C)c(OCC=C(C)C)c(C)c(C)c3O2)c(Br)c1. The van der Waals surface area contributed by atoms with Crippen LogP contribution in [0.2, 0.25) is 0 Å². The molecule has 1 aliphatic heterocycles. The Balaban J connectivity index is 1.75. The van der Waals surface area contributed by atoms with Crippen LogP contribution < -0.4 is 14.2 Å². The van der Waals surface area contributed by atoms with E-state index in [-0.39, 0.29) is 6.61 Å². The number of esters is 1. The van der Waals surface area contributed by atoms with Crippen LogP contribution in [-0.2, 0) is 16.0 Å². The maximum atomic E-state index is 12.3. The van der Waals surface area contributed by atoms with Crippen molar-refractivity contribution in [2.75, 3.05) is 19.8 Å². The van der Waals surface area contributed by atoms with Crippen molar-refractivity contribution >= 4 is 21.9 Å². The third kappa shape index (κ3) is 6.80. The molecule has 214 valence electrons. The Bertz CT molecular complexity index is 1240. The Labute approximate surface area is 241 Å². The van der Waals surface area contributed by atoms with Crippen LogP contribution >= 0.6 is 15.9 Å². The Morgan fingerprint density at radius 3 is 2.49 bits per heavy atom. The van der Waals surface area contributed by atoms with Crippen molar-refractivity contribution in [1.29, 1.82) is 0 Å². The fourth-order valence-corrected chi connectivity index (χ4v) is 5.28. The van der Waals surface area contributed by atoms with Gasteiger partial charge in [-0.05, 0) is 132 Å². The summed E-state index contributed by atoms with van der Waals surface area (Å²) in [4.78, 5) is 12.3. The van der Waals surface area contributed by atoms with E-state index < -0.39 is 23.1 Å². The fraction of sp³-hybridized carbons (Fsp3) is 0.531. The summed E-state index contributed by atoms with van der Waals surface area (Å²) in [6.45, 7) is 18.8. The lowest BCUT2D eigenvalue weighted by Crippen LogP contribution is -2.42. The fourth-order valence-electron chi connectivity index (χ4n) is 4.77. The maximum absolute atomic E-state index is 12.3. The Morgan fingerprint density at radius 1 is 1.18 bits per heavy atom. The third-order valence-corrected chi connectivity index (χ3v) is 8.19. The van der Waals surface area contributed by atoms with Gasteiger partial charge in [-0.1, -0.05) is 11.6 Å². The molecule has 0 fully saturated rings. The van der Waals surface area contributed by atoms with Gasteiger partial charge in [0.25, 0.3) is 0 Å². The van der Waals surface area contributed by atoms with E-state index in [4.69, 9.17) is 18.9 Å². The van der Waals surface area contributed by atoms with E-state index in [0.29, 0.717) is 29.0 Å². The summed E-state index contributed by atoms with van der Waals surface area (Å²) in [5, 5.41) is 10.9. The van der Waals surface area contributed by atoms with Crippen molar-refractivity contribution in [3.05, 3.63) is 62.1 Å². The van der Waals surface area contributed by atoms with Crippen molar-refractivity contribution in [2.45, 2.75) is 86.9 Å². The van der Waals surface area contributed by atoms with Gasteiger partial charge >= 0.3 is 5.97 Å². The lowest BCUT2D eigenvalue weighted by atomic mass is 9.82. The maximum Gasteiger partial charge on any atom is 0.314 e. The number of aliphatic hydroxyl groups is 1. The van der Waals surface area contributed by atoms with E-state index in [1.807, 2.05) is 0 Å². The van der Waals surface area contributed by atoms with Crippen LogP contribution in [0.1, 0.15) is 81.9 Å². The second kappa shape index (κ2) is 12.3. The summed E-state index contributed by atoms with van der Waals surface area (Å²) in [7, 11) is 0. The lowest BCUT2D eigenvalue weighted by Gasteiger charge is -2.38. The molecule has 1 aliphatic rings. The first-order valence-electron chi connectivity index (χ1n) is 13.6. The molecular weight excluding hydrogens is 560 g/mol. The normalized spacial score (nSPS) is 17.5. The molecule has 2 atom stereocenters. The summed E-state index contributed by atoms with van der Waals surface area (Å²) >= 11 is 3.58. The van der Waals surface area contributed by atoms with Crippen LogP contribution in [0.15, 0.2) is 34.3 Å². The predicted molar refractivity (Wildman–Crippen MR) is 158 cm³/mol. The van der Waals surface area contributed by atoms with Gasteiger partial charge in [0.2, 0.25) is 0 Å². The molecule has 3 rings (SSSR count). The minimum Gasteiger partial charge on any atom is -0.489 e. The number of aliphatic hydroxyl groups excluding tert-OH is 1. The number of benzene rings is 2. The highest BCUT2D eigenvalue weighted by Gasteiger charge is 2.39. The average molecular weight is 604 g/mol. The zero-order valence-corrected chi connectivity index (χ0v) is 26.4. The number of halogens is 1. The second-order valence-electron chi connectivity index (χ2n) is 11.5. The van der Waals surface area contributed by atoms with Crippen LogP contribution in [0.25, 0.3) is 0 Å². The molecule has 2 aromatic carbocycles. The molecule has 0 saturated carbocycles. The monoisotopic (exact) mass is 602 g/mol. The van der Waals surface area contributed by atoms with Crippen LogP contribution in [0.3, 0.4) is 0 Å². The third-order valence-electron chi connectivity index (χ3n) is 7.57. The van der Waals surface area contributed by atoms with Gasteiger partial charge in [-0.15, -0.1) is 0 Å². The molecule has 39 heavy (non-hydrogen) atoms. The van der Waals surface area contributed by atoms with Crippen LogP contribution in [-0.4, -0.2) is 36.5 Å². The summed E-state index contributed by atoms with van der Waals surface area (Å²) in [6.07, 6.45) is 2.74.